The van der Waals surface area contributed by atoms with Crippen LogP contribution in [0.2, 0.25) is 0 Å². The van der Waals surface area contributed by atoms with Gasteiger partial charge in [-0.1, -0.05) is 36.0 Å². The van der Waals surface area contributed by atoms with Crippen LogP contribution in [-0.4, -0.2) is 52.6 Å². The number of piperidine rings is 1. The van der Waals surface area contributed by atoms with E-state index in [4.69, 9.17) is 4.74 Å². The average Bonchev–Trinajstić information content (AvgIpc) is 3.34. The first-order valence-corrected chi connectivity index (χ1v) is 12.3. The predicted octanol–water partition coefficient (Wildman–Crippen LogP) is 3.97. The molecule has 2 aromatic carbocycles. The molecule has 0 saturated carbocycles. The van der Waals surface area contributed by atoms with Crippen LogP contribution in [0.5, 0.6) is 5.75 Å². The number of rotatable bonds is 9. The summed E-state index contributed by atoms with van der Waals surface area (Å²) < 4.78 is 5.64. The first-order chi connectivity index (χ1) is 16.6. The minimum Gasteiger partial charge on any atom is -0.486 e. The van der Waals surface area contributed by atoms with Crippen LogP contribution in [0.15, 0.2) is 54.6 Å². The van der Waals surface area contributed by atoms with Crippen LogP contribution < -0.4 is 15.4 Å². The number of anilines is 1. The van der Waals surface area contributed by atoms with E-state index in [1.807, 2.05) is 30.3 Å². The molecule has 0 spiro atoms. The maximum absolute atomic E-state index is 12.5. The Labute approximate surface area is 203 Å². The summed E-state index contributed by atoms with van der Waals surface area (Å²) in [6, 6.07) is 16.8. The molecule has 2 N–H and O–H groups in total. The fourth-order valence-electron chi connectivity index (χ4n) is 3.86. The van der Waals surface area contributed by atoms with Crippen LogP contribution in [0.25, 0.3) is 0 Å². The molecule has 0 unspecified atom stereocenters. The molecule has 178 valence electrons. The van der Waals surface area contributed by atoms with Crippen LogP contribution in [0.4, 0.5) is 5.69 Å². The number of amides is 2. The summed E-state index contributed by atoms with van der Waals surface area (Å²) in [5.41, 5.74) is 1.14. The number of likely N-dealkylation sites (tertiary alicyclic amines) is 1. The Morgan fingerprint density at radius 2 is 1.85 bits per heavy atom. The van der Waals surface area contributed by atoms with Gasteiger partial charge in [-0.3, -0.25) is 14.5 Å². The third kappa shape index (κ3) is 6.61. The first-order valence-electron chi connectivity index (χ1n) is 11.5. The zero-order valence-electron chi connectivity index (χ0n) is 19.2. The highest BCUT2D eigenvalue weighted by atomic mass is 32.1. The van der Waals surface area contributed by atoms with Crippen molar-refractivity contribution in [2.75, 3.05) is 25.0 Å². The van der Waals surface area contributed by atoms with Crippen molar-refractivity contribution in [3.8, 4) is 5.75 Å². The molecule has 1 fully saturated rings. The molecule has 4 rings (SSSR count). The first kappa shape index (κ1) is 23.8. The third-order valence-corrected chi connectivity index (χ3v) is 6.69. The molecule has 8 nitrogen and oxygen atoms in total. The van der Waals surface area contributed by atoms with E-state index in [1.165, 1.54) is 30.6 Å². The fourth-order valence-corrected chi connectivity index (χ4v) is 4.51. The number of hydrogen-bond acceptors (Lipinski definition) is 7. The normalized spacial score (nSPS) is 16.1. The molecular formula is C25H29N5O3S. The second-order valence-corrected chi connectivity index (χ2v) is 9.33. The van der Waals surface area contributed by atoms with Crippen LogP contribution in [0.1, 0.15) is 51.4 Å². The Kier molecular flexibility index (Phi) is 8.21. The minimum atomic E-state index is -0.351. The maximum Gasteiger partial charge on any atom is 0.286 e. The Hall–Kier alpha value is -3.30. The number of carbonyl (C=O) groups excluding carboxylic acids is 2. The van der Waals surface area contributed by atoms with Gasteiger partial charge in [-0.15, -0.1) is 10.2 Å². The van der Waals surface area contributed by atoms with Crippen LogP contribution in [0, 0.1) is 0 Å². The highest BCUT2D eigenvalue weighted by Gasteiger charge is 2.18. The van der Waals surface area contributed by atoms with Crippen molar-refractivity contribution >= 4 is 28.8 Å². The van der Waals surface area contributed by atoms with Gasteiger partial charge in [0, 0.05) is 30.4 Å². The molecule has 1 aromatic heterocycles. The monoisotopic (exact) mass is 479 g/mol. The summed E-state index contributed by atoms with van der Waals surface area (Å²) in [4.78, 5) is 27.4. The minimum absolute atomic E-state index is 0.116. The van der Waals surface area contributed by atoms with E-state index in [0.717, 1.165) is 18.8 Å². The van der Waals surface area contributed by atoms with Crippen molar-refractivity contribution in [3.05, 3.63) is 70.2 Å². The fraction of sp³-hybridized carbons (Fsp3) is 0.360. The number of carbonyl (C=O) groups is 2. The van der Waals surface area contributed by atoms with Gasteiger partial charge in [-0.05, 0) is 62.7 Å². The number of benzene rings is 2. The quantitative estimate of drug-likeness (QED) is 0.482. The smallest absolute Gasteiger partial charge is 0.286 e. The standard InChI is InChI=1S/C25H29N5O3S/c1-18-7-5-6-15-30(18)16-14-26-23(31)19-10-12-20(13-11-19)27-24(32)25-29-28-22(34-25)17-33-21-8-3-2-4-9-21/h2-4,8-13,18H,5-7,14-17H2,1H3,(H,26,31)(H,27,32)/t18-/m1/s1. The van der Waals surface area contributed by atoms with Crippen molar-refractivity contribution in [2.24, 2.45) is 0 Å². The van der Waals surface area contributed by atoms with Gasteiger partial charge in [-0.2, -0.15) is 0 Å². The molecule has 9 heteroatoms. The van der Waals surface area contributed by atoms with Gasteiger partial charge in [0.25, 0.3) is 11.8 Å². The summed E-state index contributed by atoms with van der Waals surface area (Å²) >= 11 is 1.18. The van der Waals surface area contributed by atoms with E-state index in [-0.39, 0.29) is 23.4 Å². The van der Waals surface area contributed by atoms with Crippen molar-refractivity contribution in [3.63, 3.8) is 0 Å². The zero-order chi connectivity index (χ0) is 23.8. The lowest BCUT2D eigenvalue weighted by atomic mass is 10.0. The van der Waals surface area contributed by atoms with Gasteiger partial charge in [0.1, 0.15) is 12.4 Å². The number of ether oxygens (including phenoxy) is 1. The van der Waals surface area contributed by atoms with Crippen LogP contribution >= 0.6 is 11.3 Å². The molecule has 0 radical (unpaired) electrons. The van der Waals surface area contributed by atoms with E-state index in [1.54, 1.807) is 24.3 Å². The summed E-state index contributed by atoms with van der Waals surface area (Å²) in [6.07, 6.45) is 3.74. The molecule has 3 aromatic rings. The Balaban J connectivity index is 1.23. The van der Waals surface area contributed by atoms with E-state index in [2.05, 4.69) is 32.7 Å². The Morgan fingerprint density at radius 1 is 1.06 bits per heavy atom. The number of hydrogen-bond donors (Lipinski definition) is 2. The second kappa shape index (κ2) is 11.7. The highest BCUT2D eigenvalue weighted by molar-refractivity contribution is 7.13. The topological polar surface area (TPSA) is 96.5 Å². The van der Waals surface area contributed by atoms with Crippen LogP contribution in [0.3, 0.4) is 0 Å². The molecule has 1 saturated heterocycles. The maximum atomic E-state index is 12.5. The molecule has 2 heterocycles. The van der Waals surface area contributed by atoms with E-state index >= 15 is 0 Å². The van der Waals surface area contributed by atoms with E-state index < -0.39 is 0 Å². The summed E-state index contributed by atoms with van der Waals surface area (Å²) in [5.74, 6) is 0.264. The number of nitrogens with zero attached hydrogens (tertiary/aromatic N) is 3. The third-order valence-electron chi connectivity index (χ3n) is 5.80. The van der Waals surface area contributed by atoms with Gasteiger partial charge in [0.05, 0.1) is 0 Å². The molecule has 1 aliphatic heterocycles. The van der Waals surface area contributed by atoms with Crippen LogP contribution in [-0.2, 0) is 6.61 Å². The zero-order valence-corrected chi connectivity index (χ0v) is 20.0. The molecule has 1 aliphatic rings. The molecule has 0 bridgehead atoms. The summed E-state index contributed by atoms with van der Waals surface area (Å²) in [5, 5.41) is 14.6. The van der Waals surface area contributed by atoms with Gasteiger partial charge < -0.3 is 15.4 Å². The van der Waals surface area contributed by atoms with Crippen molar-refractivity contribution in [1.29, 1.82) is 0 Å². The lowest BCUT2D eigenvalue weighted by Crippen LogP contribution is -2.42. The molecule has 1 atom stereocenters. The second-order valence-electron chi connectivity index (χ2n) is 8.27. The molecule has 34 heavy (non-hydrogen) atoms. The molecule has 0 aliphatic carbocycles. The lowest BCUT2D eigenvalue weighted by molar-refractivity contribution is 0.0938. The highest BCUT2D eigenvalue weighted by Crippen LogP contribution is 2.17. The number of para-hydroxylation sites is 1. The van der Waals surface area contributed by atoms with Gasteiger partial charge in [0.2, 0.25) is 5.01 Å². The van der Waals surface area contributed by atoms with Gasteiger partial charge in [0.15, 0.2) is 5.01 Å². The molecular weight excluding hydrogens is 450 g/mol. The van der Waals surface area contributed by atoms with E-state index in [9.17, 15) is 9.59 Å². The van der Waals surface area contributed by atoms with Crippen molar-refractivity contribution < 1.29 is 14.3 Å². The number of aromatic nitrogens is 2. The summed E-state index contributed by atoms with van der Waals surface area (Å²) in [6.45, 7) is 5.07. The van der Waals surface area contributed by atoms with Gasteiger partial charge >= 0.3 is 0 Å². The van der Waals surface area contributed by atoms with E-state index in [0.29, 0.717) is 28.8 Å². The Morgan fingerprint density at radius 3 is 2.62 bits per heavy atom. The average molecular weight is 480 g/mol. The van der Waals surface area contributed by atoms with Gasteiger partial charge in [-0.25, -0.2) is 0 Å². The van der Waals surface area contributed by atoms with Crippen molar-refractivity contribution in [2.45, 2.75) is 38.8 Å². The lowest BCUT2D eigenvalue weighted by Gasteiger charge is -2.33. The van der Waals surface area contributed by atoms with Crippen molar-refractivity contribution in [1.82, 2.24) is 20.4 Å². The Bertz CT molecular complexity index is 1090. The SMILES string of the molecule is C[C@@H]1CCCCN1CCNC(=O)c1ccc(NC(=O)c2nnc(COc3ccccc3)s2)cc1. The largest absolute Gasteiger partial charge is 0.486 e. The predicted molar refractivity (Wildman–Crippen MR) is 132 cm³/mol. The number of nitrogens with one attached hydrogen (secondary N) is 2. The molecule has 2 amide bonds. The summed E-state index contributed by atoms with van der Waals surface area (Å²) in [7, 11) is 0.